The third-order valence-electron chi connectivity index (χ3n) is 2.86. The summed E-state index contributed by atoms with van der Waals surface area (Å²) >= 11 is 0. The number of hydrogen-bond donors (Lipinski definition) is 1. The minimum Gasteiger partial charge on any atom is -0.505 e. The van der Waals surface area contributed by atoms with Crippen LogP contribution in [0.1, 0.15) is 20.3 Å². The van der Waals surface area contributed by atoms with Crippen molar-refractivity contribution < 1.29 is 9.50 Å². The molecule has 0 aliphatic rings. The molecule has 0 spiro atoms. The van der Waals surface area contributed by atoms with Crippen LogP contribution in [0.5, 0.6) is 5.75 Å². The van der Waals surface area contributed by atoms with Crippen molar-refractivity contribution in [3.63, 3.8) is 0 Å². The summed E-state index contributed by atoms with van der Waals surface area (Å²) < 4.78 is 15.5. The average Bonchev–Trinajstić information content (AvgIpc) is 2.78. The number of benzene rings is 1. The Bertz CT molecular complexity index is 534. The molecule has 96 valence electrons. The zero-order valence-electron chi connectivity index (χ0n) is 10.6. The van der Waals surface area contributed by atoms with E-state index in [9.17, 15) is 9.50 Å². The van der Waals surface area contributed by atoms with E-state index in [1.165, 1.54) is 6.07 Å². The molecule has 3 nitrogen and oxygen atoms in total. The van der Waals surface area contributed by atoms with Gasteiger partial charge in [-0.25, -0.2) is 4.39 Å². The molecule has 1 heterocycles. The van der Waals surface area contributed by atoms with E-state index in [1.54, 1.807) is 29.2 Å². The van der Waals surface area contributed by atoms with Gasteiger partial charge in [0.15, 0.2) is 11.6 Å². The van der Waals surface area contributed by atoms with Crippen molar-refractivity contribution in [2.24, 2.45) is 5.92 Å². The Morgan fingerprint density at radius 1 is 1.39 bits per heavy atom. The molecule has 4 heteroatoms. The highest BCUT2D eigenvalue weighted by atomic mass is 19.1. The van der Waals surface area contributed by atoms with Gasteiger partial charge in [-0.1, -0.05) is 26.0 Å². The molecule has 2 rings (SSSR count). The fourth-order valence-electron chi connectivity index (χ4n) is 1.76. The largest absolute Gasteiger partial charge is 0.505 e. The van der Waals surface area contributed by atoms with Crippen LogP contribution in [0.2, 0.25) is 0 Å². The minimum atomic E-state index is -0.596. The second kappa shape index (κ2) is 5.21. The van der Waals surface area contributed by atoms with Crippen molar-refractivity contribution in [1.82, 2.24) is 9.78 Å². The maximum Gasteiger partial charge on any atom is 0.172 e. The van der Waals surface area contributed by atoms with Gasteiger partial charge < -0.3 is 5.11 Å². The molecule has 1 aromatic heterocycles. The number of halogens is 1. The van der Waals surface area contributed by atoms with E-state index in [0.717, 1.165) is 13.0 Å². The number of phenolic OH excluding ortho intramolecular Hbond substituents is 1. The molecule has 0 saturated carbocycles. The molecule has 18 heavy (non-hydrogen) atoms. The summed E-state index contributed by atoms with van der Waals surface area (Å²) in [5.74, 6) is -0.321. The first-order chi connectivity index (χ1) is 8.58. The molecule has 1 N–H and O–H groups in total. The zero-order valence-corrected chi connectivity index (χ0v) is 10.6. The lowest BCUT2D eigenvalue weighted by atomic mass is 10.1. The molecule has 0 amide bonds. The lowest BCUT2D eigenvalue weighted by Crippen LogP contribution is -2.01. The van der Waals surface area contributed by atoms with Crippen molar-refractivity contribution >= 4 is 0 Å². The summed E-state index contributed by atoms with van der Waals surface area (Å²) in [5.41, 5.74) is 1.07. The topological polar surface area (TPSA) is 38.0 Å². The van der Waals surface area contributed by atoms with Gasteiger partial charge in [-0.05, 0) is 18.4 Å². The quantitative estimate of drug-likeness (QED) is 0.900. The van der Waals surface area contributed by atoms with Crippen molar-refractivity contribution in [1.29, 1.82) is 0 Å². The molecular formula is C14H17FN2O. The lowest BCUT2D eigenvalue weighted by Gasteiger charge is -2.04. The number of aryl methyl sites for hydroxylation is 1. The van der Waals surface area contributed by atoms with Crippen LogP contribution in [0.3, 0.4) is 0 Å². The van der Waals surface area contributed by atoms with Gasteiger partial charge in [0, 0.05) is 23.9 Å². The molecule has 0 fully saturated rings. The van der Waals surface area contributed by atoms with E-state index in [1.807, 2.05) is 0 Å². The molecule has 0 aliphatic carbocycles. The van der Waals surface area contributed by atoms with Crippen LogP contribution in [0.25, 0.3) is 11.1 Å². The van der Waals surface area contributed by atoms with Gasteiger partial charge >= 0.3 is 0 Å². The predicted octanol–water partition coefficient (Wildman–Crippen LogP) is 3.44. The van der Waals surface area contributed by atoms with Crippen molar-refractivity contribution in [3.05, 3.63) is 36.4 Å². The van der Waals surface area contributed by atoms with Gasteiger partial charge in [0.05, 0.1) is 6.20 Å². The Hall–Kier alpha value is -1.84. The van der Waals surface area contributed by atoms with E-state index in [0.29, 0.717) is 17.0 Å². The Morgan fingerprint density at radius 3 is 2.89 bits per heavy atom. The Morgan fingerprint density at radius 2 is 2.17 bits per heavy atom. The molecule has 0 saturated heterocycles. The normalized spacial score (nSPS) is 11.1. The number of rotatable bonds is 4. The fourth-order valence-corrected chi connectivity index (χ4v) is 1.76. The van der Waals surface area contributed by atoms with Crippen LogP contribution in [0.15, 0.2) is 30.6 Å². The Balaban J connectivity index is 2.21. The zero-order chi connectivity index (χ0) is 13.1. The summed E-state index contributed by atoms with van der Waals surface area (Å²) in [4.78, 5) is 0. The van der Waals surface area contributed by atoms with Gasteiger partial charge in [0.1, 0.15) is 0 Å². The Labute approximate surface area is 106 Å². The first-order valence-electron chi connectivity index (χ1n) is 6.08. The van der Waals surface area contributed by atoms with Gasteiger partial charge in [-0.3, -0.25) is 4.68 Å². The number of nitrogens with zero attached hydrogens (tertiary/aromatic N) is 2. The highest BCUT2D eigenvalue weighted by Crippen LogP contribution is 2.27. The second-order valence-corrected chi connectivity index (χ2v) is 4.81. The number of aromatic nitrogens is 2. The van der Waals surface area contributed by atoms with Gasteiger partial charge in [0.2, 0.25) is 0 Å². The molecule has 0 aliphatic heterocycles. The standard InChI is InChI=1S/C14H17FN2O/c1-10(2)6-7-17-9-11(8-16-17)12-4-3-5-13(18)14(12)15/h3-5,8-10,18H,6-7H2,1-2H3. The van der Waals surface area contributed by atoms with Gasteiger partial charge in [0.25, 0.3) is 0 Å². The Kier molecular flexibility index (Phi) is 3.65. The molecule has 1 aromatic carbocycles. The smallest absolute Gasteiger partial charge is 0.172 e. The maximum atomic E-state index is 13.7. The van der Waals surface area contributed by atoms with E-state index in [2.05, 4.69) is 18.9 Å². The second-order valence-electron chi connectivity index (χ2n) is 4.81. The summed E-state index contributed by atoms with van der Waals surface area (Å²) in [6.07, 6.45) is 4.46. The van der Waals surface area contributed by atoms with E-state index < -0.39 is 5.82 Å². The number of phenols is 1. The van der Waals surface area contributed by atoms with E-state index >= 15 is 0 Å². The number of aromatic hydroxyl groups is 1. The van der Waals surface area contributed by atoms with Crippen LogP contribution in [-0.2, 0) is 6.54 Å². The maximum absolute atomic E-state index is 13.7. The van der Waals surface area contributed by atoms with Crippen LogP contribution in [0.4, 0.5) is 4.39 Å². The lowest BCUT2D eigenvalue weighted by molar-refractivity contribution is 0.433. The summed E-state index contributed by atoms with van der Waals surface area (Å²) in [5, 5.41) is 13.5. The molecule has 0 bridgehead atoms. The highest BCUT2D eigenvalue weighted by Gasteiger charge is 2.10. The highest BCUT2D eigenvalue weighted by molar-refractivity contribution is 5.64. The summed E-state index contributed by atoms with van der Waals surface area (Å²) in [6.45, 7) is 5.12. The van der Waals surface area contributed by atoms with E-state index in [-0.39, 0.29) is 5.75 Å². The van der Waals surface area contributed by atoms with Crippen molar-refractivity contribution in [3.8, 4) is 16.9 Å². The van der Waals surface area contributed by atoms with Crippen LogP contribution < -0.4 is 0 Å². The van der Waals surface area contributed by atoms with Gasteiger partial charge in [-0.15, -0.1) is 0 Å². The average molecular weight is 248 g/mol. The summed E-state index contributed by atoms with van der Waals surface area (Å²) in [6, 6.07) is 4.60. The number of hydrogen-bond acceptors (Lipinski definition) is 2. The van der Waals surface area contributed by atoms with Crippen LogP contribution >= 0.6 is 0 Å². The summed E-state index contributed by atoms with van der Waals surface area (Å²) in [7, 11) is 0. The first kappa shape index (κ1) is 12.6. The molecule has 0 unspecified atom stereocenters. The van der Waals surface area contributed by atoms with Crippen LogP contribution in [0, 0.1) is 11.7 Å². The van der Waals surface area contributed by atoms with Gasteiger partial charge in [-0.2, -0.15) is 5.10 Å². The molecule has 2 aromatic rings. The molecule has 0 atom stereocenters. The van der Waals surface area contributed by atoms with E-state index in [4.69, 9.17) is 0 Å². The molecule has 0 radical (unpaired) electrons. The van der Waals surface area contributed by atoms with Crippen molar-refractivity contribution in [2.45, 2.75) is 26.8 Å². The predicted molar refractivity (Wildman–Crippen MR) is 68.7 cm³/mol. The monoisotopic (exact) mass is 248 g/mol. The first-order valence-corrected chi connectivity index (χ1v) is 6.08. The SMILES string of the molecule is CC(C)CCn1cc(-c2cccc(O)c2F)cn1. The fraction of sp³-hybridized carbons (Fsp3) is 0.357. The molecular weight excluding hydrogens is 231 g/mol. The minimum absolute atomic E-state index is 0.331. The third kappa shape index (κ3) is 2.70. The third-order valence-corrected chi connectivity index (χ3v) is 2.86. The van der Waals surface area contributed by atoms with Crippen molar-refractivity contribution in [2.75, 3.05) is 0 Å². The van der Waals surface area contributed by atoms with Crippen LogP contribution in [-0.4, -0.2) is 14.9 Å².